The summed E-state index contributed by atoms with van der Waals surface area (Å²) in [5.74, 6) is 0.764. The number of aliphatic carboxylic acids is 1. The van der Waals surface area contributed by atoms with E-state index in [9.17, 15) is 9.90 Å². The van der Waals surface area contributed by atoms with Gasteiger partial charge in [0.2, 0.25) is 0 Å². The van der Waals surface area contributed by atoms with Gasteiger partial charge in [-0.2, -0.15) is 0 Å². The second kappa shape index (κ2) is 8.58. The van der Waals surface area contributed by atoms with E-state index in [0.29, 0.717) is 17.4 Å². The molecule has 26 heavy (non-hydrogen) atoms. The Kier molecular flexibility index (Phi) is 6.20. The van der Waals surface area contributed by atoms with Crippen LogP contribution in [0.4, 0.5) is 0 Å². The van der Waals surface area contributed by atoms with Crippen molar-refractivity contribution in [3.63, 3.8) is 0 Å². The first-order valence-corrected chi connectivity index (χ1v) is 9.60. The summed E-state index contributed by atoms with van der Waals surface area (Å²) in [6.45, 7) is 1.79. The highest BCUT2D eigenvalue weighted by atomic mass is 16.5. The number of carboxylic acid groups (broad SMARTS) is 1. The van der Waals surface area contributed by atoms with Crippen molar-refractivity contribution >= 4 is 5.97 Å². The number of ether oxygens (including phenoxy) is 2. The summed E-state index contributed by atoms with van der Waals surface area (Å²) in [6.07, 6.45) is 9.96. The van der Waals surface area contributed by atoms with Crippen molar-refractivity contribution in [2.75, 3.05) is 6.61 Å². The van der Waals surface area contributed by atoms with Crippen LogP contribution >= 0.6 is 0 Å². The highest BCUT2D eigenvalue weighted by Crippen LogP contribution is 2.53. The van der Waals surface area contributed by atoms with Crippen LogP contribution in [-0.2, 0) is 4.79 Å². The van der Waals surface area contributed by atoms with Crippen molar-refractivity contribution in [1.82, 2.24) is 0 Å². The van der Waals surface area contributed by atoms with Crippen molar-refractivity contribution in [3.8, 4) is 11.5 Å². The molecule has 1 heterocycles. The third kappa shape index (κ3) is 4.21. The first kappa shape index (κ1) is 18.8. The van der Waals surface area contributed by atoms with E-state index in [1.54, 1.807) is 6.07 Å². The first-order chi connectivity index (χ1) is 12.6. The van der Waals surface area contributed by atoms with Gasteiger partial charge in [-0.15, -0.1) is 0 Å². The number of hydrogen-bond donors (Lipinski definition) is 2. The highest BCUT2D eigenvalue weighted by molar-refractivity contribution is 5.68. The molecule has 1 aromatic rings. The number of aliphatic hydroxyl groups is 1. The molecule has 0 amide bonds. The van der Waals surface area contributed by atoms with Crippen molar-refractivity contribution in [2.45, 2.75) is 63.6 Å². The lowest BCUT2D eigenvalue weighted by molar-refractivity contribution is -0.139. The van der Waals surface area contributed by atoms with Crippen LogP contribution in [0.5, 0.6) is 11.5 Å². The number of carbonyl (C=O) groups is 1. The topological polar surface area (TPSA) is 76.0 Å². The molecule has 0 radical (unpaired) electrons. The molecule has 4 atom stereocenters. The average Bonchev–Trinajstić information content (AvgIpc) is 3.18. The van der Waals surface area contributed by atoms with E-state index in [1.807, 2.05) is 18.2 Å². The minimum Gasteiger partial charge on any atom is -0.486 e. The highest BCUT2D eigenvalue weighted by Gasteiger charge is 2.44. The molecule has 1 aromatic carbocycles. The first-order valence-electron chi connectivity index (χ1n) is 9.60. The molecule has 1 fully saturated rings. The molecule has 2 unspecified atom stereocenters. The van der Waals surface area contributed by atoms with Gasteiger partial charge in [0.05, 0.1) is 6.10 Å². The largest absolute Gasteiger partial charge is 0.486 e. The van der Waals surface area contributed by atoms with Gasteiger partial charge in [-0.3, -0.25) is 0 Å². The molecule has 0 spiro atoms. The molecule has 1 aliphatic carbocycles. The summed E-state index contributed by atoms with van der Waals surface area (Å²) >= 11 is 0. The lowest BCUT2D eigenvalue weighted by Crippen LogP contribution is -2.15. The molecular weight excluding hydrogens is 332 g/mol. The fraction of sp³-hybridized carbons (Fsp3) is 0.571. The van der Waals surface area contributed by atoms with Crippen molar-refractivity contribution in [2.24, 2.45) is 5.92 Å². The van der Waals surface area contributed by atoms with E-state index in [1.165, 1.54) is 0 Å². The lowest BCUT2D eigenvalue weighted by Gasteiger charge is -2.15. The average molecular weight is 360 g/mol. The quantitative estimate of drug-likeness (QED) is 0.516. The zero-order valence-electron chi connectivity index (χ0n) is 15.3. The number of unbranched alkanes of at least 4 members (excludes halogenated alkanes) is 2. The summed E-state index contributed by atoms with van der Waals surface area (Å²) < 4.78 is 11.5. The maximum Gasteiger partial charge on any atom is 0.341 e. The van der Waals surface area contributed by atoms with Crippen LogP contribution in [0.25, 0.3) is 0 Å². The molecule has 0 aromatic heterocycles. The molecule has 5 heteroatoms. The van der Waals surface area contributed by atoms with Crippen LogP contribution < -0.4 is 9.47 Å². The van der Waals surface area contributed by atoms with E-state index in [4.69, 9.17) is 14.6 Å². The molecule has 2 aliphatic rings. The fourth-order valence-electron chi connectivity index (χ4n) is 4.07. The maximum absolute atomic E-state index is 10.8. The standard InChI is InChI=1S/C21H28O5/c1-2-3-4-6-15(22)11-9-14-10-12-17-20(14)16-7-5-8-18(21(16)26-17)25-13-19(23)24/h5,7-9,11,14-15,17,20,22H,2-4,6,10,12-13H2,1H3,(H,23,24)/b11-9+/t14?,15-,17-,20?/m0/s1. The van der Waals surface area contributed by atoms with Crippen molar-refractivity contribution in [1.29, 1.82) is 0 Å². The number of hydrogen-bond acceptors (Lipinski definition) is 4. The van der Waals surface area contributed by atoms with E-state index in [0.717, 1.165) is 44.1 Å². The van der Waals surface area contributed by atoms with E-state index in [-0.39, 0.29) is 24.7 Å². The van der Waals surface area contributed by atoms with Gasteiger partial charge in [0.25, 0.3) is 0 Å². The number of carboxylic acids is 1. The third-order valence-corrected chi connectivity index (χ3v) is 5.32. The van der Waals surface area contributed by atoms with Crippen molar-refractivity contribution in [3.05, 3.63) is 35.9 Å². The predicted molar refractivity (Wildman–Crippen MR) is 98.7 cm³/mol. The molecule has 0 bridgehead atoms. The second-order valence-corrected chi connectivity index (χ2v) is 7.23. The van der Waals surface area contributed by atoms with Gasteiger partial charge in [-0.05, 0) is 31.2 Å². The van der Waals surface area contributed by atoms with Gasteiger partial charge in [-0.1, -0.05) is 50.5 Å². The van der Waals surface area contributed by atoms with Crippen LogP contribution in [0.2, 0.25) is 0 Å². The molecule has 1 aliphatic heterocycles. The molecule has 5 nitrogen and oxygen atoms in total. The Balaban J connectivity index is 1.68. The second-order valence-electron chi connectivity index (χ2n) is 7.23. The SMILES string of the molecule is CCCCC[C@H](O)/C=C/C1CC[C@@H]2Oc3c(OCC(=O)O)cccc3C12. The number of aliphatic hydroxyl groups excluding tert-OH is 1. The summed E-state index contributed by atoms with van der Waals surface area (Å²) in [6, 6.07) is 5.68. The summed E-state index contributed by atoms with van der Waals surface area (Å²) in [7, 11) is 0. The monoisotopic (exact) mass is 360 g/mol. The molecular formula is C21H28O5. The van der Waals surface area contributed by atoms with Gasteiger partial charge in [0.1, 0.15) is 6.10 Å². The van der Waals surface area contributed by atoms with Crippen LogP contribution in [0.3, 0.4) is 0 Å². The molecule has 1 saturated carbocycles. The molecule has 142 valence electrons. The Hall–Kier alpha value is -2.01. The van der Waals surface area contributed by atoms with Crippen LogP contribution in [0.1, 0.15) is 56.9 Å². The summed E-state index contributed by atoms with van der Waals surface area (Å²) in [5, 5.41) is 19.0. The fourth-order valence-corrected chi connectivity index (χ4v) is 4.07. The van der Waals surface area contributed by atoms with E-state index >= 15 is 0 Å². The third-order valence-electron chi connectivity index (χ3n) is 5.32. The van der Waals surface area contributed by atoms with Gasteiger partial charge >= 0.3 is 5.97 Å². The van der Waals surface area contributed by atoms with Gasteiger partial charge in [-0.25, -0.2) is 4.79 Å². The minimum absolute atomic E-state index is 0.103. The van der Waals surface area contributed by atoms with Crippen LogP contribution in [-0.4, -0.2) is 35.0 Å². The van der Waals surface area contributed by atoms with E-state index < -0.39 is 5.97 Å². The normalized spacial score (nSPS) is 24.9. The Bertz CT molecular complexity index is 654. The smallest absolute Gasteiger partial charge is 0.341 e. The maximum atomic E-state index is 10.8. The number of benzene rings is 1. The Morgan fingerprint density at radius 1 is 1.38 bits per heavy atom. The predicted octanol–water partition coefficient (Wildman–Crippen LogP) is 3.90. The summed E-state index contributed by atoms with van der Waals surface area (Å²) in [4.78, 5) is 10.8. The van der Waals surface area contributed by atoms with Gasteiger partial charge in [0, 0.05) is 11.5 Å². The van der Waals surface area contributed by atoms with Gasteiger partial charge in [0.15, 0.2) is 18.1 Å². The van der Waals surface area contributed by atoms with Crippen LogP contribution in [0.15, 0.2) is 30.4 Å². The zero-order chi connectivity index (χ0) is 18.5. The van der Waals surface area contributed by atoms with E-state index in [2.05, 4.69) is 13.0 Å². The van der Waals surface area contributed by atoms with Crippen molar-refractivity contribution < 1.29 is 24.5 Å². The van der Waals surface area contributed by atoms with Gasteiger partial charge < -0.3 is 19.7 Å². The number of rotatable bonds is 9. The summed E-state index contributed by atoms with van der Waals surface area (Å²) in [5.41, 5.74) is 1.09. The number of fused-ring (bicyclic) bond motifs is 3. The minimum atomic E-state index is -1.00. The Morgan fingerprint density at radius 2 is 2.23 bits per heavy atom. The molecule has 3 rings (SSSR count). The Labute approximate surface area is 154 Å². The number of para-hydroxylation sites is 1. The zero-order valence-corrected chi connectivity index (χ0v) is 15.3. The lowest BCUT2D eigenvalue weighted by atomic mass is 9.88. The van der Waals surface area contributed by atoms with Crippen LogP contribution in [0, 0.1) is 5.92 Å². The Morgan fingerprint density at radius 3 is 3.00 bits per heavy atom. The molecule has 2 N–H and O–H groups in total. The number of allylic oxidation sites excluding steroid dienone is 1. The molecule has 0 saturated heterocycles.